The Morgan fingerprint density at radius 3 is 2.86 bits per heavy atom. The zero-order chi connectivity index (χ0) is 14.8. The van der Waals surface area contributed by atoms with Gasteiger partial charge in [0.25, 0.3) is 0 Å². The minimum absolute atomic E-state index is 0.793. The molecular weight excluding hydrogens is 274 g/mol. The van der Waals surface area contributed by atoms with Crippen LogP contribution in [0.1, 0.15) is 5.56 Å². The molecule has 108 valence electrons. The van der Waals surface area contributed by atoms with Gasteiger partial charge >= 0.3 is 0 Å². The van der Waals surface area contributed by atoms with Crippen LogP contribution in [0.15, 0.2) is 61.1 Å². The van der Waals surface area contributed by atoms with Crippen LogP contribution >= 0.6 is 0 Å². The lowest BCUT2D eigenvalue weighted by molar-refractivity contribution is 0.590. The summed E-state index contributed by atoms with van der Waals surface area (Å²) in [5, 5.41) is 9.63. The molecule has 1 N–H and O–H groups in total. The van der Waals surface area contributed by atoms with Crippen LogP contribution in [0.2, 0.25) is 0 Å². The normalized spacial score (nSPS) is 11.1. The maximum Gasteiger partial charge on any atom is 0.137 e. The molecule has 0 fully saturated rings. The molecule has 0 spiro atoms. The molecule has 0 saturated heterocycles. The maximum atomic E-state index is 4.31. The zero-order valence-corrected chi connectivity index (χ0v) is 12.0. The van der Waals surface area contributed by atoms with E-state index in [4.69, 9.17) is 0 Å². The number of aromatic amines is 1. The van der Waals surface area contributed by atoms with E-state index in [9.17, 15) is 0 Å². The second-order valence-corrected chi connectivity index (χ2v) is 5.20. The fourth-order valence-electron chi connectivity index (χ4n) is 2.60. The lowest BCUT2D eigenvalue weighted by Gasteiger charge is -1.99. The van der Waals surface area contributed by atoms with Crippen molar-refractivity contribution in [3.05, 3.63) is 66.6 Å². The molecule has 5 nitrogen and oxygen atoms in total. The summed E-state index contributed by atoms with van der Waals surface area (Å²) in [6, 6.07) is 14.1. The van der Waals surface area contributed by atoms with Gasteiger partial charge in [0.15, 0.2) is 0 Å². The molecule has 5 heteroatoms. The van der Waals surface area contributed by atoms with E-state index in [0.717, 1.165) is 29.9 Å². The monoisotopic (exact) mass is 289 g/mol. The molecule has 1 aromatic carbocycles. The molecule has 0 saturated carbocycles. The average molecular weight is 289 g/mol. The molecule has 3 heterocycles. The standard InChI is InChI=1S/C17H15N5/c1-2-5-13(6-3-1)16-12-22(21-20-16)10-8-14-11-19-17-15(14)7-4-9-18-17/h1-7,9,11-12H,8,10H2,(H,18,19). The fourth-order valence-corrected chi connectivity index (χ4v) is 2.60. The van der Waals surface area contributed by atoms with E-state index < -0.39 is 0 Å². The Labute approximate surface area is 127 Å². The van der Waals surface area contributed by atoms with Crippen molar-refractivity contribution in [2.75, 3.05) is 0 Å². The van der Waals surface area contributed by atoms with Crippen molar-refractivity contribution in [1.29, 1.82) is 0 Å². The van der Waals surface area contributed by atoms with Crippen LogP contribution in [0.5, 0.6) is 0 Å². The first-order chi connectivity index (χ1) is 10.9. The summed E-state index contributed by atoms with van der Waals surface area (Å²) in [5.74, 6) is 0. The first-order valence-electron chi connectivity index (χ1n) is 7.27. The molecule has 3 aromatic heterocycles. The lowest BCUT2D eigenvalue weighted by Crippen LogP contribution is -2.01. The van der Waals surface area contributed by atoms with Crippen molar-refractivity contribution in [2.45, 2.75) is 13.0 Å². The largest absolute Gasteiger partial charge is 0.346 e. The molecule has 4 rings (SSSR count). The van der Waals surface area contributed by atoms with Gasteiger partial charge in [-0.25, -0.2) is 4.98 Å². The van der Waals surface area contributed by atoms with E-state index >= 15 is 0 Å². The smallest absolute Gasteiger partial charge is 0.137 e. The quantitative estimate of drug-likeness (QED) is 0.628. The summed E-state index contributed by atoms with van der Waals surface area (Å²) >= 11 is 0. The lowest BCUT2D eigenvalue weighted by atomic mass is 10.1. The molecule has 0 radical (unpaired) electrons. The highest BCUT2D eigenvalue weighted by Gasteiger charge is 2.06. The van der Waals surface area contributed by atoms with E-state index in [1.807, 2.05) is 53.5 Å². The highest BCUT2D eigenvalue weighted by molar-refractivity contribution is 5.79. The number of pyridine rings is 1. The molecule has 0 bridgehead atoms. The summed E-state index contributed by atoms with van der Waals surface area (Å²) in [7, 11) is 0. The molecule has 0 aliphatic heterocycles. The highest BCUT2D eigenvalue weighted by Crippen LogP contribution is 2.18. The van der Waals surface area contributed by atoms with Crippen molar-refractivity contribution in [2.24, 2.45) is 0 Å². The van der Waals surface area contributed by atoms with Crippen molar-refractivity contribution in [1.82, 2.24) is 25.0 Å². The van der Waals surface area contributed by atoms with E-state index in [1.54, 1.807) is 6.20 Å². The SMILES string of the molecule is c1ccc(-c2cn(CCc3c[nH]c4ncccc34)nn2)cc1. The Hall–Kier alpha value is -2.95. The zero-order valence-electron chi connectivity index (χ0n) is 12.0. The Morgan fingerprint density at radius 2 is 1.95 bits per heavy atom. The molecule has 4 aromatic rings. The summed E-state index contributed by atoms with van der Waals surface area (Å²) in [5.41, 5.74) is 4.17. The van der Waals surface area contributed by atoms with Crippen molar-refractivity contribution >= 4 is 11.0 Å². The maximum absolute atomic E-state index is 4.31. The first kappa shape index (κ1) is 12.8. The van der Waals surface area contributed by atoms with Crippen molar-refractivity contribution in [3.8, 4) is 11.3 Å². The molecule has 0 amide bonds. The van der Waals surface area contributed by atoms with Gasteiger partial charge in [0, 0.05) is 29.9 Å². The molecule has 22 heavy (non-hydrogen) atoms. The van der Waals surface area contributed by atoms with Crippen LogP contribution in [0, 0.1) is 0 Å². The minimum Gasteiger partial charge on any atom is -0.346 e. The van der Waals surface area contributed by atoms with Crippen LogP contribution < -0.4 is 0 Å². The van der Waals surface area contributed by atoms with Gasteiger partial charge in [-0.1, -0.05) is 35.5 Å². The Morgan fingerprint density at radius 1 is 1.05 bits per heavy atom. The van der Waals surface area contributed by atoms with Gasteiger partial charge in [0.2, 0.25) is 0 Å². The minimum atomic E-state index is 0.793. The van der Waals surface area contributed by atoms with Crippen molar-refractivity contribution in [3.63, 3.8) is 0 Å². The van der Waals surface area contributed by atoms with Gasteiger partial charge in [-0.2, -0.15) is 0 Å². The third-order valence-electron chi connectivity index (χ3n) is 3.76. The number of nitrogens with zero attached hydrogens (tertiary/aromatic N) is 4. The molecule has 0 aliphatic carbocycles. The number of H-pyrrole nitrogens is 1. The van der Waals surface area contributed by atoms with Gasteiger partial charge in [0.05, 0.1) is 6.20 Å². The first-order valence-corrected chi connectivity index (χ1v) is 7.27. The number of hydrogen-bond acceptors (Lipinski definition) is 3. The Kier molecular flexibility index (Phi) is 3.16. The summed E-state index contributed by atoms with van der Waals surface area (Å²) in [6.45, 7) is 0.793. The van der Waals surface area contributed by atoms with Gasteiger partial charge in [-0.15, -0.1) is 5.10 Å². The van der Waals surface area contributed by atoms with Gasteiger partial charge in [0.1, 0.15) is 11.3 Å². The molecular formula is C17H15N5. The molecule has 0 aliphatic rings. The fraction of sp³-hybridized carbons (Fsp3) is 0.118. The van der Waals surface area contributed by atoms with Crippen LogP contribution in [0.3, 0.4) is 0 Å². The number of aryl methyl sites for hydroxylation is 2. The van der Waals surface area contributed by atoms with E-state index in [-0.39, 0.29) is 0 Å². The topological polar surface area (TPSA) is 59.4 Å². The van der Waals surface area contributed by atoms with Gasteiger partial charge in [-0.3, -0.25) is 4.68 Å². The summed E-state index contributed by atoms with van der Waals surface area (Å²) < 4.78 is 1.89. The third-order valence-corrected chi connectivity index (χ3v) is 3.76. The average Bonchev–Trinajstić information content (AvgIpc) is 3.21. The predicted molar refractivity (Wildman–Crippen MR) is 85.3 cm³/mol. The summed E-state index contributed by atoms with van der Waals surface area (Å²) in [6.07, 6.45) is 6.70. The molecule has 0 unspecified atom stereocenters. The van der Waals surface area contributed by atoms with Crippen LogP contribution in [0.4, 0.5) is 0 Å². The number of fused-ring (bicyclic) bond motifs is 1. The Bertz CT molecular complexity index is 891. The van der Waals surface area contributed by atoms with Gasteiger partial charge < -0.3 is 4.98 Å². The van der Waals surface area contributed by atoms with Crippen LogP contribution in [-0.4, -0.2) is 25.0 Å². The number of benzene rings is 1. The molecule has 0 atom stereocenters. The van der Waals surface area contributed by atoms with E-state index in [0.29, 0.717) is 0 Å². The highest BCUT2D eigenvalue weighted by atomic mass is 15.4. The number of aromatic nitrogens is 5. The number of hydrogen-bond donors (Lipinski definition) is 1. The van der Waals surface area contributed by atoms with Crippen molar-refractivity contribution < 1.29 is 0 Å². The van der Waals surface area contributed by atoms with E-state index in [1.165, 1.54) is 10.9 Å². The van der Waals surface area contributed by atoms with Gasteiger partial charge in [-0.05, 0) is 24.1 Å². The second-order valence-electron chi connectivity index (χ2n) is 5.20. The predicted octanol–water partition coefficient (Wildman–Crippen LogP) is 3.06. The number of nitrogens with one attached hydrogen (secondary N) is 1. The second kappa shape index (κ2) is 5.44. The summed E-state index contributed by atoms with van der Waals surface area (Å²) in [4.78, 5) is 7.51. The van der Waals surface area contributed by atoms with Crippen LogP contribution in [-0.2, 0) is 13.0 Å². The van der Waals surface area contributed by atoms with E-state index in [2.05, 4.69) is 26.3 Å². The Balaban J connectivity index is 1.52. The third kappa shape index (κ3) is 2.37. The van der Waals surface area contributed by atoms with Crippen LogP contribution in [0.25, 0.3) is 22.3 Å². The number of rotatable bonds is 4.